The summed E-state index contributed by atoms with van der Waals surface area (Å²) in [4.78, 5) is 2.47. The molecule has 0 spiro atoms. The fraction of sp³-hybridized carbons (Fsp3) is 0.458. The van der Waals surface area contributed by atoms with Gasteiger partial charge in [-0.25, -0.2) is 4.39 Å². The number of hydrogen-bond donors (Lipinski definition) is 0. The molecule has 2 heterocycles. The number of halogens is 2. The van der Waals surface area contributed by atoms with E-state index in [0.717, 1.165) is 67.9 Å². The van der Waals surface area contributed by atoms with E-state index in [4.69, 9.17) is 14.0 Å². The topological polar surface area (TPSA) is 47.7 Å². The van der Waals surface area contributed by atoms with Crippen LogP contribution in [0.1, 0.15) is 43.4 Å². The van der Waals surface area contributed by atoms with Gasteiger partial charge in [-0.3, -0.25) is 0 Å². The van der Waals surface area contributed by atoms with Crippen LogP contribution in [0, 0.1) is 5.82 Å². The van der Waals surface area contributed by atoms with E-state index >= 15 is 0 Å². The second kappa shape index (κ2) is 10.8. The van der Waals surface area contributed by atoms with E-state index in [1.54, 1.807) is 13.2 Å². The number of nitrogens with zero attached hydrogens (tertiary/aromatic N) is 2. The Kier molecular flexibility index (Phi) is 8.15. The van der Waals surface area contributed by atoms with Crippen LogP contribution >= 0.6 is 12.4 Å². The minimum absolute atomic E-state index is 0. The van der Waals surface area contributed by atoms with Crippen LogP contribution < -0.4 is 9.47 Å². The van der Waals surface area contributed by atoms with Gasteiger partial charge in [0.1, 0.15) is 17.3 Å². The van der Waals surface area contributed by atoms with Crippen molar-refractivity contribution in [3.8, 4) is 11.5 Å². The van der Waals surface area contributed by atoms with Crippen LogP contribution in [0.2, 0.25) is 0 Å². The lowest BCUT2D eigenvalue weighted by molar-refractivity contribution is 0.190. The molecule has 0 unspecified atom stereocenters. The van der Waals surface area contributed by atoms with E-state index in [1.807, 2.05) is 12.1 Å². The monoisotopic (exact) mass is 448 g/mol. The first-order valence-corrected chi connectivity index (χ1v) is 10.7. The smallest absolute Gasteiger partial charge is 0.170 e. The number of piperidine rings is 1. The quantitative estimate of drug-likeness (QED) is 0.419. The van der Waals surface area contributed by atoms with Crippen LogP contribution in [-0.4, -0.2) is 43.4 Å². The highest BCUT2D eigenvalue weighted by atomic mass is 35.5. The van der Waals surface area contributed by atoms with Gasteiger partial charge in [0, 0.05) is 30.0 Å². The van der Waals surface area contributed by atoms with Crippen molar-refractivity contribution in [2.45, 2.75) is 38.5 Å². The number of likely N-dealkylation sites (tertiary alicyclic amines) is 1. The van der Waals surface area contributed by atoms with Crippen molar-refractivity contribution in [1.82, 2.24) is 10.1 Å². The van der Waals surface area contributed by atoms with Gasteiger partial charge in [0.15, 0.2) is 5.58 Å². The lowest BCUT2D eigenvalue weighted by Gasteiger charge is -2.31. The Morgan fingerprint density at radius 3 is 2.71 bits per heavy atom. The predicted octanol–water partition coefficient (Wildman–Crippen LogP) is 5.61. The number of aromatic nitrogens is 1. The van der Waals surface area contributed by atoms with Crippen molar-refractivity contribution < 1.29 is 18.4 Å². The number of hydrogen-bond acceptors (Lipinski definition) is 5. The Bertz CT molecular complexity index is 986. The summed E-state index contributed by atoms with van der Waals surface area (Å²) in [6.45, 7) is 5.88. The van der Waals surface area contributed by atoms with Gasteiger partial charge in [-0.05, 0) is 62.5 Å². The van der Waals surface area contributed by atoms with Gasteiger partial charge in [-0.1, -0.05) is 18.1 Å². The van der Waals surface area contributed by atoms with Crippen molar-refractivity contribution >= 4 is 23.4 Å². The summed E-state index contributed by atoms with van der Waals surface area (Å²) in [6, 6.07) is 10.7. The molecule has 0 amide bonds. The summed E-state index contributed by atoms with van der Waals surface area (Å²) in [5.41, 5.74) is 2.70. The first kappa shape index (κ1) is 23.4. The molecule has 0 bridgehead atoms. The Balaban J connectivity index is 0.00000272. The van der Waals surface area contributed by atoms with Gasteiger partial charge in [-0.2, -0.15) is 0 Å². The molecule has 3 aromatic rings. The first-order valence-electron chi connectivity index (χ1n) is 10.7. The molecule has 31 heavy (non-hydrogen) atoms. The van der Waals surface area contributed by atoms with Gasteiger partial charge in [0.2, 0.25) is 0 Å². The summed E-state index contributed by atoms with van der Waals surface area (Å²) in [7, 11) is 1.70. The minimum atomic E-state index is -0.290. The number of methoxy groups -OCH3 is 1. The lowest BCUT2D eigenvalue weighted by Crippen LogP contribution is -2.34. The first-order chi connectivity index (χ1) is 14.7. The number of aryl methyl sites for hydroxylation is 1. The summed E-state index contributed by atoms with van der Waals surface area (Å²) in [5, 5.41) is 5.17. The minimum Gasteiger partial charge on any atom is -0.496 e. The molecule has 5 nitrogen and oxygen atoms in total. The second-order valence-electron chi connectivity index (χ2n) is 7.85. The molecule has 1 aliphatic rings. The molecule has 0 saturated carbocycles. The van der Waals surface area contributed by atoms with Gasteiger partial charge >= 0.3 is 0 Å². The molecule has 0 N–H and O–H groups in total. The van der Waals surface area contributed by atoms with Crippen LogP contribution in [0.25, 0.3) is 11.0 Å². The summed E-state index contributed by atoms with van der Waals surface area (Å²) in [5.74, 6) is 1.83. The van der Waals surface area contributed by atoms with E-state index in [2.05, 4.69) is 23.0 Å². The molecular weight excluding hydrogens is 419 g/mol. The lowest BCUT2D eigenvalue weighted by atomic mass is 9.91. The molecule has 2 aromatic carbocycles. The van der Waals surface area contributed by atoms with Gasteiger partial charge < -0.3 is 18.9 Å². The maximum absolute atomic E-state index is 13.4. The highest BCUT2D eigenvalue weighted by Crippen LogP contribution is 2.32. The van der Waals surface area contributed by atoms with E-state index < -0.39 is 0 Å². The molecule has 4 rings (SSSR count). The van der Waals surface area contributed by atoms with Crippen LogP contribution in [-0.2, 0) is 6.42 Å². The van der Waals surface area contributed by atoms with Crippen molar-refractivity contribution in [1.29, 1.82) is 0 Å². The molecule has 0 aliphatic carbocycles. The molecule has 1 aromatic heterocycles. The summed E-state index contributed by atoms with van der Waals surface area (Å²) < 4.78 is 30.0. The average molecular weight is 449 g/mol. The SMILES string of the molecule is CCc1ccc(OCCCN2CCC(c3noc4cc(F)ccc34)CC2)cc1OC.Cl. The van der Waals surface area contributed by atoms with Crippen molar-refractivity contribution in [2.75, 3.05) is 33.4 Å². The standard InChI is InChI=1S/C24H29FN2O3.ClH/c1-3-17-5-7-20(16-22(17)28-2)29-14-4-11-27-12-9-18(10-13-27)24-21-8-6-19(25)15-23(21)30-26-24;/h5-8,15-16,18H,3-4,9-14H2,1-2H3;1H. The van der Waals surface area contributed by atoms with Gasteiger partial charge in [-0.15, -0.1) is 12.4 Å². The number of ether oxygens (including phenoxy) is 2. The molecule has 7 heteroatoms. The molecule has 0 atom stereocenters. The summed E-state index contributed by atoms with van der Waals surface area (Å²) >= 11 is 0. The van der Waals surface area contributed by atoms with E-state index in [-0.39, 0.29) is 18.2 Å². The van der Waals surface area contributed by atoms with Gasteiger partial charge in [0.05, 0.1) is 19.4 Å². The molecule has 1 aliphatic heterocycles. The van der Waals surface area contributed by atoms with Gasteiger partial charge in [0.25, 0.3) is 0 Å². The van der Waals surface area contributed by atoms with Crippen LogP contribution in [0.5, 0.6) is 11.5 Å². The highest BCUT2D eigenvalue weighted by molar-refractivity contribution is 5.85. The second-order valence-corrected chi connectivity index (χ2v) is 7.85. The maximum Gasteiger partial charge on any atom is 0.170 e. The Labute approximate surface area is 188 Å². The predicted molar refractivity (Wildman–Crippen MR) is 122 cm³/mol. The maximum atomic E-state index is 13.4. The van der Waals surface area contributed by atoms with Crippen molar-refractivity contribution in [3.05, 3.63) is 53.5 Å². The fourth-order valence-corrected chi connectivity index (χ4v) is 4.24. The number of rotatable bonds is 8. The third kappa shape index (κ3) is 5.49. The third-order valence-electron chi connectivity index (χ3n) is 5.96. The summed E-state index contributed by atoms with van der Waals surface area (Å²) in [6.07, 6.45) is 4.00. The highest BCUT2D eigenvalue weighted by Gasteiger charge is 2.25. The van der Waals surface area contributed by atoms with E-state index in [1.165, 1.54) is 17.7 Å². The van der Waals surface area contributed by atoms with Crippen LogP contribution in [0.4, 0.5) is 4.39 Å². The zero-order valence-corrected chi connectivity index (χ0v) is 18.9. The molecule has 1 saturated heterocycles. The van der Waals surface area contributed by atoms with Crippen LogP contribution in [0.3, 0.4) is 0 Å². The zero-order valence-electron chi connectivity index (χ0n) is 18.1. The largest absolute Gasteiger partial charge is 0.496 e. The average Bonchev–Trinajstić information content (AvgIpc) is 3.20. The Hall–Kier alpha value is -2.31. The van der Waals surface area contributed by atoms with E-state index in [9.17, 15) is 4.39 Å². The molecule has 168 valence electrons. The molecule has 1 fully saturated rings. The van der Waals surface area contributed by atoms with E-state index in [0.29, 0.717) is 18.1 Å². The fourth-order valence-electron chi connectivity index (χ4n) is 4.24. The van der Waals surface area contributed by atoms with Crippen molar-refractivity contribution in [3.63, 3.8) is 0 Å². The van der Waals surface area contributed by atoms with Crippen LogP contribution in [0.15, 0.2) is 40.9 Å². The normalized spacial score (nSPS) is 15.1. The van der Waals surface area contributed by atoms with Crippen molar-refractivity contribution in [2.24, 2.45) is 0 Å². The molecular formula is C24H30ClFN2O3. The number of benzene rings is 2. The third-order valence-corrected chi connectivity index (χ3v) is 5.96. The number of fused-ring (bicyclic) bond motifs is 1. The Morgan fingerprint density at radius 2 is 1.97 bits per heavy atom. The molecule has 0 radical (unpaired) electrons. The zero-order chi connectivity index (χ0) is 20.9. The Morgan fingerprint density at radius 1 is 1.16 bits per heavy atom.